The first-order chi connectivity index (χ1) is 11.2. The smallest absolute Gasteiger partial charge is 0.416 e. The van der Waals surface area contributed by atoms with Crippen LogP contribution in [0.1, 0.15) is 34.2 Å². The van der Waals surface area contributed by atoms with Crippen molar-refractivity contribution in [3.05, 3.63) is 40.7 Å². The summed E-state index contributed by atoms with van der Waals surface area (Å²) in [7, 11) is 1.28. The molecule has 0 atom stereocenters. The number of aromatic nitrogens is 2. The summed E-state index contributed by atoms with van der Waals surface area (Å²) in [6.07, 6.45) is -4.52. The van der Waals surface area contributed by atoms with Crippen LogP contribution in [0, 0.1) is 13.8 Å². The minimum Gasteiger partial charge on any atom is -0.497 e. The third-order valence-electron chi connectivity index (χ3n) is 3.47. The number of benzene rings is 1. The van der Waals surface area contributed by atoms with Gasteiger partial charge in [-0.2, -0.15) is 18.3 Å². The highest BCUT2D eigenvalue weighted by molar-refractivity contribution is 5.92. The van der Waals surface area contributed by atoms with E-state index >= 15 is 0 Å². The lowest BCUT2D eigenvalue weighted by Crippen LogP contribution is -2.09. The molecule has 1 heterocycles. The summed E-state index contributed by atoms with van der Waals surface area (Å²) in [5, 5.41) is 4.18. The van der Waals surface area contributed by atoms with Crippen molar-refractivity contribution in [1.82, 2.24) is 9.78 Å². The standard InChI is InChI=1S/C16H17F3N2O3/c1-5-24-15(22)14-9(2)20-21(10(14)3)12-6-11(16(17,18)19)7-13(8-12)23-4/h6-8H,5H2,1-4H3. The quantitative estimate of drug-likeness (QED) is 0.795. The van der Waals surface area contributed by atoms with E-state index in [9.17, 15) is 18.0 Å². The molecule has 2 rings (SSSR count). The number of carbonyl (C=O) groups is 1. The number of alkyl halides is 3. The van der Waals surface area contributed by atoms with Crippen molar-refractivity contribution in [3.8, 4) is 11.4 Å². The Morgan fingerprint density at radius 2 is 1.92 bits per heavy atom. The van der Waals surface area contributed by atoms with Crippen molar-refractivity contribution in [2.24, 2.45) is 0 Å². The molecule has 0 amide bonds. The van der Waals surface area contributed by atoms with Gasteiger partial charge in [-0.05, 0) is 32.9 Å². The zero-order valence-electron chi connectivity index (χ0n) is 13.7. The average Bonchev–Trinajstić information content (AvgIpc) is 2.81. The zero-order valence-corrected chi connectivity index (χ0v) is 13.7. The van der Waals surface area contributed by atoms with Crippen LogP contribution in [0.2, 0.25) is 0 Å². The Balaban J connectivity index is 2.61. The maximum Gasteiger partial charge on any atom is 0.416 e. The molecule has 0 fully saturated rings. The van der Waals surface area contributed by atoms with E-state index in [0.29, 0.717) is 11.4 Å². The first-order valence-electron chi connectivity index (χ1n) is 7.19. The van der Waals surface area contributed by atoms with E-state index < -0.39 is 17.7 Å². The van der Waals surface area contributed by atoms with Crippen molar-refractivity contribution >= 4 is 5.97 Å². The van der Waals surface area contributed by atoms with Crippen LogP contribution in [0.3, 0.4) is 0 Å². The molecule has 0 radical (unpaired) electrons. The Kier molecular flexibility index (Phi) is 4.86. The summed E-state index contributed by atoms with van der Waals surface area (Å²) >= 11 is 0. The predicted molar refractivity (Wildman–Crippen MR) is 80.5 cm³/mol. The lowest BCUT2D eigenvalue weighted by molar-refractivity contribution is -0.137. The largest absolute Gasteiger partial charge is 0.497 e. The van der Waals surface area contributed by atoms with Gasteiger partial charge in [0.05, 0.1) is 36.4 Å². The molecule has 0 unspecified atom stereocenters. The number of halogens is 3. The Morgan fingerprint density at radius 3 is 2.46 bits per heavy atom. The molecule has 0 aliphatic rings. The van der Waals surface area contributed by atoms with Crippen molar-refractivity contribution < 1.29 is 27.4 Å². The lowest BCUT2D eigenvalue weighted by Gasteiger charge is -2.12. The number of methoxy groups -OCH3 is 1. The molecule has 8 heteroatoms. The number of ether oxygens (including phenoxy) is 2. The minimum absolute atomic E-state index is 0.0464. The molecule has 2 aromatic rings. The van der Waals surface area contributed by atoms with Crippen molar-refractivity contribution in [3.63, 3.8) is 0 Å². The van der Waals surface area contributed by atoms with Crippen LogP contribution in [0.15, 0.2) is 18.2 Å². The van der Waals surface area contributed by atoms with Gasteiger partial charge in [-0.15, -0.1) is 0 Å². The van der Waals surface area contributed by atoms with Gasteiger partial charge in [-0.25, -0.2) is 9.48 Å². The van der Waals surface area contributed by atoms with Gasteiger partial charge in [0, 0.05) is 6.07 Å². The Bertz CT molecular complexity index is 767. The molecule has 0 saturated heterocycles. The van der Waals surface area contributed by atoms with E-state index in [2.05, 4.69) is 5.10 Å². The SMILES string of the molecule is CCOC(=O)c1c(C)nn(-c2cc(OC)cc(C(F)(F)F)c2)c1C. The van der Waals surface area contributed by atoms with Crippen LogP contribution in [0.25, 0.3) is 5.69 Å². The van der Waals surface area contributed by atoms with Gasteiger partial charge in [0.25, 0.3) is 0 Å². The van der Waals surface area contributed by atoms with Gasteiger partial charge in [0.15, 0.2) is 0 Å². The first-order valence-corrected chi connectivity index (χ1v) is 7.19. The summed E-state index contributed by atoms with van der Waals surface area (Å²) in [5.41, 5.74) is 0.308. The Labute approximate surface area is 137 Å². The molecule has 0 bridgehead atoms. The summed E-state index contributed by atoms with van der Waals surface area (Å²) in [6.45, 7) is 5.06. The minimum atomic E-state index is -4.52. The molecular formula is C16H17F3N2O3. The molecule has 130 valence electrons. The molecule has 0 N–H and O–H groups in total. The fourth-order valence-electron chi connectivity index (χ4n) is 2.38. The lowest BCUT2D eigenvalue weighted by atomic mass is 10.1. The monoisotopic (exact) mass is 342 g/mol. The molecule has 5 nitrogen and oxygen atoms in total. The number of carbonyl (C=O) groups excluding carboxylic acids is 1. The molecule has 24 heavy (non-hydrogen) atoms. The van der Waals surface area contributed by atoms with E-state index in [4.69, 9.17) is 9.47 Å². The third-order valence-corrected chi connectivity index (χ3v) is 3.47. The highest BCUT2D eigenvalue weighted by Crippen LogP contribution is 2.34. The number of rotatable bonds is 4. The number of hydrogen-bond acceptors (Lipinski definition) is 4. The molecular weight excluding hydrogens is 325 g/mol. The second kappa shape index (κ2) is 6.54. The van der Waals surface area contributed by atoms with Gasteiger partial charge in [0.1, 0.15) is 11.3 Å². The molecule has 0 aliphatic heterocycles. The highest BCUT2D eigenvalue weighted by atomic mass is 19.4. The molecule has 0 saturated carbocycles. The molecule has 0 spiro atoms. The number of aryl methyl sites for hydroxylation is 1. The third kappa shape index (κ3) is 3.37. The van der Waals surface area contributed by atoms with Crippen LogP contribution < -0.4 is 4.74 Å². The number of esters is 1. The summed E-state index contributed by atoms with van der Waals surface area (Å²) in [4.78, 5) is 12.0. The Hall–Kier alpha value is -2.51. The number of nitrogens with zero attached hydrogens (tertiary/aromatic N) is 2. The van der Waals surface area contributed by atoms with Gasteiger partial charge in [-0.3, -0.25) is 0 Å². The maximum atomic E-state index is 13.1. The van der Waals surface area contributed by atoms with Crippen molar-refractivity contribution in [2.75, 3.05) is 13.7 Å². The van der Waals surface area contributed by atoms with Gasteiger partial charge >= 0.3 is 12.1 Å². The first kappa shape index (κ1) is 17.8. The molecule has 1 aromatic heterocycles. The van der Waals surface area contributed by atoms with E-state index in [1.807, 2.05) is 0 Å². The van der Waals surface area contributed by atoms with Crippen LogP contribution in [-0.4, -0.2) is 29.5 Å². The fourth-order valence-corrected chi connectivity index (χ4v) is 2.38. The predicted octanol–water partition coefficient (Wildman–Crippen LogP) is 3.69. The Morgan fingerprint density at radius 1 is 1.25 bits per heavy atom. The van der Waals surface area contributed by atoms with Crippen LogP contribution in [0.4, 0.5) is 13.2 Å². The van der Waals surface area contributed by atoms with Gasteiger partial charge in [-0.1, -0.05) is 0 Å². The second-order valence-corrected chi connectivity index (χ2v) is 5.10. The summed E-state index contributed by atoms with van der Waals surface area (Å²) in [5.74, 6) is -0.511. The zero-order chi connectivity index (χ0) is 18.1. The maximum absolute atomic E-state index is 13.1. The van der Waals surface area contributed by atoms with Crippen molar-refractivity contribution in [2.45, 2.75) is 26.9 Å². The average molecular weight is 342 g/mol. The topological polar surface area (TPSA) is 53.3 Å². The van der Waals surface area contributed by atoms with Gasteiger partial charge in [0.2, 0.25) is 0 Å². The van der Waals surface area contributed by atoms with E-state index in [0.717, 1.165) is 12.1 Å². The van der Waals surface area contributed by atoms with Crippen molar-refractivity contribution in [1.29, 1.82) is 0 Å². The second-order valence-electron chi connectivity index (χ2n) is 5.10. The number of hydrogen-bond donors (Lipinski definition) is 0. The fraction of sp³-hybridized carbons (Fsp3) is 0.375. The normalized spacial score (nSPS) is 11.5. The van der Waals surface area contributed by atoms with Crippen LogP contribution in [0.5, 0.6) is 5.75 Å². The van der Waals surface area contributed by atoms with Gasteiger partial charge < -0.3 is 9.47 Å². The van der Waals surface area contributed by atoms with E-state index in [1.54, 1.807) is 20.8 Å². The highest BCUT2D eigenvalue weighted by Gasteiger charge is 2.32. The molecule has 1 aromatic carbocycles. The van der Waals surface area contributed by atoms with E-state index in [1.165, 1.54) is 17.9 Å². The molecule has 0 aliphatic carbocycles. The van der Waals surface area contributed by atoms with E-state index in [-0.39, 0.29) is 23.6 Å². The summed E-state index contributed by atoms with van der Waals surface area (Å²) in [6, 6.07) is 3.28. The summed E-state index contributed by atoms with van der Waals surface area (Å²) < 4.78 is 50.3. The van der Waals surface area contributed by atoms with Crippen LogP contribution >= 0.6 is 0 Å². The van der Waals surface area contributed by atoms with Crippen LogP contribution in [-0.2, 0) is 10.9 Å².